The lowest BCUT2D eigenvalue weighted by atomic mass is 10.3. The third-order valence-electron chi connectivity index (χ3n) is 0.761. The highest BCUT2D eigenvalue weighted by Crippen LogP contribution is 1.93. The molecule has 0 bridgehead atoms. The molecule has 0 heterocycles. The zero-order chi connectivity index (χ0) is 6.41. The minimum atomic E-state index is 0.810. The van der Waals surface area contributed by atoms with Crippen LogP contribution in [0.2, 0.25) is 0 Å². The van der Waals surface area contributed by atoms with E-state index < -0.39 is 0 Å². The molecule has 0 aromatic heterocycles. The highest BCUT2D eigenvalue weighted by Gasteiger charge is 1.80. The van der Waals surface area contributed by atoms with Crippen molar-refractivity contribution in [1.82, 2.24) is 0 Å². The predicted octanol–water partition coefficient (Wildman–Crippen LogP) is 1.92. The Kier molecular flexibility index (Phi) is 4.97. The quantitative estimate of drug-likeness (QED) is 0.365. The fraction of sp³-hybridized carbons (Fsp3) is 0.500. The topological polar surface area (TPSA) is 17.1 Å². The number of aldehydes is 1. The third-order valence-corrected chi connectivity index (χ3v) is 1.22. The smallest absolute Gasteiger partial charge is 0.145 e. The van der Waals surface area contributed by atoms with Crippen molar-refractivity contribution in [1.29, 1.82) is 0 Å². The lowest BCUT2D eigenvalue weighted by Crippen LogP contribution is -1.75. The average Bonchev–Trinajstić information content (AvgIpc) is 1.83. The van der Waals surface area contributed by atoms with Crippen molar-refractivity contribution in [2.24, 2.45) is 0 Å². The van der Waals surface area contributed by atoms with Crippen molar-refractivity contribution in [3.8, 4) is 0 Å². The van der Waals surface area contributed by atoms with Crippen LogP contribution in [0, 0.1) is 0 Å². The maximum absolute atomic E-state index is 9.93. The first kappa shape index (κ1) is 7.89. The number of halogens is 1. The monoisotopic (exact) mass is 176 g/mol. The predicted molar refractivity (Wildman–Crippen MR) is 38.2 cm³/mol. The Morgan fingerprint density at radius 1 is 1.75 bits per heavy atom. The van der Waals surface area contributed by atoms with E-state index in [0.29, 0.717) is 0 Å². The first-order valence-electron chi connectivity index (χ1n) is 2.49. The van der Waals surface area contributed by atoms with E-state index in [1.165, 1.54) is 0 Å². The van der Waals surface area contributed by atoms with Gasteiger partial charge in [-0.15, -0.1) is 0 Å². The molecule has 0 atom stereocenters. The molecule has 0 aromatic carbocycles. The second-order valence-electron chi connectivity index (χ2n) is 1.54. The molecular weight excluding hydrogens is 168 g/mol. The summed E-state index contributed by atoms with van der Waals surface area (Å²) in [5, 5.41) is 0.929. The standard InChI is InChI=1S/C6H9BrO/c1-6(5-8)3-2-4-7/h3,5H,2,4H2,1H3/b6-3+. The van der Waals surface area contributed by atoms with Gasteiger partial charge in [0.25, 0.3) is 0 Å². The van der Waals surface area contributed by atoms with Crippen molar-refractivity contribution < 1.29 is 4.79 Å². The molecule has 0 saturated heterocycles. The normalized spacial score (nSPS) is 11.5. The molecule has 0 rings (SSSR count). The number of rotatable bonds is 3. The molecule has 0 spiro atoms. The lowest BCUT2D eigenvalue weighted by molar-refractivity contribution is -0.104. The molecule has 0 saturated carbocycles. The number of hydrogen-bond donors (Lipinski definition) is 0. The summed E-state index contributed by atoms with van der Waals surface area (Å²) in [6, 6.07) is 0. The van der Waals surface area contributed by atoms with Gasteiger partial charge < -0.3 is 0 Å². The molecular formula is C6H9BrO. The van der Waals surface area contributed by atoms with Crippen LogP contribution in [0.15, 0.2) is 11.6 Å². The van der Waals surface area contributed by atoms with Crippen LogP contribution in [0.4, 0.5) is 0 Å². The summed E-state index contributed by atoms with van der Waals surface area (Å²) in [6.45, 7) is 1.80. The van der Waals surface area contributed by atoms with Gasteiger partial charge in [0, 0.05) is 5.33 Å². The van der Waals surface area contributed by atoms with Crippen molar-refractivity contribution >= 4 is 22.2 Å². The van der Waals surface area contributed by atoms with E-state index in [-0.39, 0.29) is 0 Å². The average molecular weight is 177 g/mol. The number of carbonyl (C=O) groups is 1. The van der Waals surface area contributed by atoms with Crippen molar-refractivity contribution in [2.75, 3.05) is 5.33 Å². The molecule has 0 aliphatic rings. The Hall–Kier alpha value is -0.110. The number of hydrogen-bond acceptors (Lipinski definition) is 1. The Labute approximate surface area is 57.9 Å². The number of allylic oxidation sites excluding steroid dienone is 2. The van der Waals surface area contributed by atoms with Crippen LogP contribution < -0.4 is 0 Å². The van der Waals surface area contributed by atoms with Gasteiger partial charge in [-0.1, -0.05) is 22.0 Å². The second kappa shape index (κ2) is 5.04. The fourth-order valence-corrected chi connectivity index (χ4v) is 0.559. The maximum atomic E-state index is 9.93. The molecule has 0 amide bonds. The molecule has 8 heavy (non-hydrogen) atoms. The molecule has 0 radical (unpaired) electrons. The summed E-state index contributed by atoms with van der Waals surface area (Å²) in [5.41, 5.74) is 0.810. The van der Waals surface area contributed by atoms with E-state index in [9.17, 15) is 4.79 Å². The first-order chi connectivity index (χ1) is 3.81. The van der Waals surface area contributed by atoms with E-state index in [1.54, 1.807) is 6.92 Å². The Morgan fingerprint density at radius 2 is 2.38 bits per heavy atom. The van der Waals surface area contributed by atoms with Crippen LogP contribution in [0.1, 0.15) is 13.3 Å². The van der Waals surface area contributed by atoms with Crippen LogP contribution in [0.3, 0.4) is 0 Å². The molecule has 0 fully saturated rings. The van der Waals surface area contributed by atoms with Gasteiger partial charge in [0.2, 0.25) is 0 Å². The van der Waals surface area contributed by atoms with Gasteiger partial charge in [0.05, 0.1) is 0 Å². The van der Waals surface area contributed by atoms with Gasteiger partial charge in [-0.2, -0.15) is 0 Å². The van der Waals surface area contributed by atoms with E-state index in [4.69, 9.17) is 0 Å². The summed E-state index contributed by atoms with van der Waals surface area (Å²) in [4.78, 5) is 9.93. The van der Waals surface area contributed by atoms with E-state index in [0.717, 1.165) is 23.6 Å². The second-order valence-corrected chi connectivity index (χ2v) is 2.34. The van der Waals surface area contributed by atoms with Gasteiger partial charge in [0.15, 0.2) is 0 Å². The molecule has 0 N–H and O–H groups in total. The van der Waals surface area contributed by atoms with Gasteiger partial charge in [-0.25, -0.2) is 0 Å². The van der Waals surface area contributed by atoms with Crippen LogP contribution in [0.5, 0.6) is 0 Å². The highest BCUT2D eigenvalue weighted by atomic mass is 79.9. The van der Waals surface area contributed by atoms with Gasteiger partial charge >= 0.3 is 0 Å². The minimum absolute atomic E-state index is 0.810. The van der Waals surface area contributed by atoms with Crippen molar-refractivity contribution in [2.45, 2.75) is 13.3 Å². The molecule has 1 nitrogen and oxygen atoms in total. The zero-order valence-corrected chi connectivity index (χ0v) is 6.44. The van der Waals surface area contributed by atoms with Crippen LogP contribution in [-0.4, -0.2) is 11.6 Å². The summed E-state index contributed by atoms with van der Waals surface area (Å²) in [7, 11) is 0. The van der Waals surface area contributed by atoms with Crippen molar-refractivity contribution in [3.63, 3.8) is 0 Å². The largest absolute Gasteiger partial charge is 0.298 e. The van der Waals surface area contributed by atoms with E-state index >= 15 is 0 Å². The van der Waals surface area contributed by atoms with E-state index in [2.05, 4.69) is 15.9 Å². The Morgan fingerprint density at radius 3 is 2.75 bits per heavy atom. The van der Waals surface area contributed by atoms with Gasteiger partial charge in [0.1, 0.15) is 6.29 Å². The van der Waals surface area contributed by atoms with E-state index in [1.807, 2.05) is 6.08 Å². The van der Waals surface area contributed by atoms with Gasteiger partial charge in [-0.3, -0.25) is 4.79 Å². The number of alkyl halides is 1. The zero-order valence-electron chi connectivity index (χ0n) is 4.86. The summed E-state index contributed by atoms with van der Waals surface area (Å²) >= 11 is 3.25. The molecule has 0 aliphatic heterocycles. The Bertz CT molecular complexity index is 96.7. The summed E-state index contributed by atoms with van der Waals surface area (Å²) < 4.78 is 0. The van der Waals surface area contributed by atoms with Crippen LogP contribution >= 0.6 is 15.9 Å². The first-order valence-corrected chi connectivity index (χ1v) is 3.61. The minimum Gasteiger partial charge on any atom is -0.298 e. The van der Waals surface area contributed by atoms with Crippen molar-refractivity contribution in [3.05, 3.63) is 11.6 Å². The fourth-order valence-electron chi connectivity index (χ4n) is 0.330. The molecule has 0 aliphatic carbocycles. The molecule has 2 heteroatoms. The maximum Gasteiger partial charge on any atom is 0.145 e. The highest BCUT2D eigenvalue weighted by molar-refractivity contribution is 9.09. The summed E-state index contributed by atoms with van der Waals surface area (Å²) in [6.07, 6.45) is 3.70. The molecule has 46 valence electrons. The molecule has 0 aromatic rings. The molecule has 0 unspecified atom stereocenters. The SMILES string of the molecule is C/C(C=O)=C\CCBr. The lowest BCUT2D eigenvalue weighted by Gasteiger charge is -1.83. The third kappa shape index (κ3) is 4.06. The van der Waals surface area contributed by atoms with Gasteiger partial charge in [-0.05, 0) is 18.9 Å². The van der Waals surface area contributed by atoms with Crippen LogP contribution in [0.25, 0.3) is 0 Å². The van der Waals surface area contributed by atoms with Crippen LogP contribution in [-0.2, 0) is 4.79 Å². The summed E-state index contributed by atoms with van der Waals surface area (Å²) in [5.74, 6) is 0. The Balaban J connectivity index is 3.40. The number of carbonyl (C=O) groups excluding carboxylic acids is 1.